The first-order valence-electron chi connectivity index (χ1n) is 9.15. The number of fused-ring (bicyclic) bond motifs is 1. The minimum Gasteiger partial charge on any atom is -0.455 e. The Hall–Kier alpha value is -2.41. The van der Waals surface area contributed by atoms with Gasteiger partial charge >= 0.3 is 0 Å². The molecule has 30 heavy (non-hydrogen) atoms. The van der Waals surface area contributed by atoms with Crippen LogP contribution in [0.15, 0.2) is 67.3 Å². The molecule has 0 aliphatic carbocycles. The van der Waals surface area contributed by atoms with Gasteiger partial charge in [-0.15, -0.1) is 0 Å². The Morgan fingerprint density at radius 1 is 1.10 bits per heavy atom. The van der Waals surface area contributed by atoms with Crippen LogP contribution < -0.4 is 5.56 Å². The molecule has 2 heterocycles. The summed E-state index contributed by atoms with van der Waals surface area (Å²) in [6, 6.07) is 14.3. The minimum absolute atomic E-state index is 0.00580. The second-order valence-corrected chi connectivity index (χ2v) is 8.71. The van der Waals surface area contributed by atoms with Crippen LogP contribution in [0, 0.1) is 0 Å². The molecule has 2 aromatic carbocycles. The molecule has 8 heteroatoms. The lowest BCUT2D eigenvalue weighted by molar-refractivity contribution is 0.573. The highest BCUT2D eigenvalue weighted by Gasteiger charge is 2.14. The number of furan rings is 1. The highest BCUT2D eigenvalue weighted by Crippen LogP contribution is 2.29. The Bertz CT molecular complexity index is 1340. The summed E-state index contributed by atoms with van der Waals surface area (Å²) in [6.45, 7) is 3.93. The molecule has 0 bridgehead atoms. The van der Waals surface area contributed by atoms with E-state index in [9.17, 15) is 4.79 Å². The number of benzene rings is 2. The fourth-order valence-electron chi connectivity index (χ4n) is 2.99. The van der Waals surface area contributed by atoms with Crippen LogP contribution in [-0.2, 0) is 0 Å². The third kappa shape index (κ3) is 4.08. The predicted molar refractivity (Wildman–Crippen MR) is 125 cm³/mol. The number of nitrogens with zero attached hydrogens (tertiary/aromatic N) is 3. The normalized spacial score (nSPS) is 11.8. The summed E-state index contributed by atoms with van der Waals surface area (Å²) < 4.78 is 7.96. The molecule has 2 aromatic heterocycles. The van der Waals surface area contributed by atoms with Crippen molar-refractivity contribution in [2.24, 2.45) is 5.10 Å². The van der Waals surface area contributed by atoms with Crippen molar-refractivity contribution < 1.29 is 4.42 Å². The largest absolute Gasteiger partial charge is 0.455 e. The molecule has 5 nitrogen and oxygen atoms in total. The summed E-state index contributed by atoms with van der Waals surface area (Å²) in [6.07, 6.45) is 1.50. The SMILES string of the molecule is CC(C)c1nc2ccc(Br)cc2c(=O)n1N=Cc1ccc(-c2ccc(Cl)c(Cl)c2)o1. The van der Waals surface area contributed by atoms with Gasteiger partial charge in [-0.2, -0.15) is 9.78 Å². The number of hydrogen-bond donors (Lipinski definition) is 0. The first-order valence-corrected chi connectivity index (χ1v) is 10.7. The third-order valence-electron chi connectivity index (χ3n) is 4.48. The fourth-order valence-corrected chi connectivity index (χ4v) is 3.65. The second-order valence-electron chi connectivity index (χ2n) is 6.98. The molecule has 4 aromatic rings. The molecular formula is C22H16BrCl2N3O2. The third-order valence-corrected chi connectivity index (χ3v) is 5.71. The summed E-state index contributed by atoms with van der Waals surface area (Å²) in [7, 11) is 0. The topological polar surface area (TPSA) is 60.4 Å². The van der Waals surface area contributed by atoms with E-state index in [1.54, 1.807) is 24.3 Å². The van der Waals surface area contributed by atoms with Gasteiger partial charge in [0.1, 0.15) is 17.3 Å². The van der Waals surface area contributed by atoms with E-state index in [1.807, 2.05) is 38.1 Å². The summed E-state index contributed by atoms with van der Waals surface area (Å²) in [5.41, 5.74) is 1.19. The van der Waals surface area contributed by atoms with E-state index in [1.165, 1.54) is 10.9 Å². The summed E-state index contributed by atoms with van der Waals surface area (Å²) in [5, 5.41) is 5.79. The highest BCUT2D eigenvalue weighted by molar-refractivity contribution is 9.10. The van der Waals surface area contributed by atoms with Crippen LogP contribution in [0.5, 0.6) is 0 Å². The van der Waals surface area contributed by atoms with Crippen LogP contribution in [0.3, 0.4) is 0 Å². The van der Waals surface area contributed by atoms with Gasteiger partial charge in [0.25, 0.3) is 5.56 Å². The number of aromatic nitrogens is 2. The zero-order valence-corrected chi connectivity index (χ0v) is 19.2. The maximum absolute atomic E-state index is 13.1. The van der Waals surface area contributed by atoms with Crippen molar-refractivity contribution in [1.29, 1.82) is 0 Å². The average molecular weight is 505 g/mol. The molecule has 0 radical (unpaired) electrons. The van der Waals surface area contributed by atoms with Crippen molar-refractivity contribution in [2.75, 3.05) is 0 Å². The zero-order chi connectivity index (χ0) is 21.4. The van der Waals surface area contributed by atoms with Crippen LogP contribution in [0.1, 0.15) is 31.4 Å². The van der Waals surface area contributed by atoms with Gasteiger partial charge in [-0.05, 0) is 48.5 Å². The molecule has 152 valence electrons. The molecule has 0 saturated carbocycles. The van der Waals surface area contributed by atoms with E-state index in [2.05, 4.69) is 26.0 Å². The van der Waals surface area contributed by atoms with E-state index in [-0.39, 0.29) is 11.5 Å². The highest BCUT2D eigenvalue weighted by atomic mass is 79.9. The molecule has 0 aliphatic heterocycles. The van der Waals surface area contributed by atoms with E-state index in [0.717, 1.165) is 10.0 Å². The minimum atomic E-state index is -0.238. The molecule has 4 rings (SSSR count). The van der Waals surface area contributed by atoms with Gasteiger partial charge in [0.15, 0.2) is 0 Å². The maximum Gasteiger partial charge on any atom is 0.282 e. The smallest absolute Gasteiger partial charge is 0.282 e. The second kappa shape index (κ2) is 8.38. The molecule has 0 unspecified atom stereocenters. The van der Waals surface area contributed by atoms with Crippen molar-refractivity contribution in [3.8, 4) is 11.3 Å². The van der Waals surface area contributed by atoms with Crippen molar-refractivity contribution in [3.05, 3.63) is 85.0 Å². The van der Waals surface area contributed by atoms with Crippen LogP contribution in [0.25, 0.3) is 22.2 Å². The quantitative estimate of drug-likeness (QED) is 0.289. The molecule has 0 atom stereocenters. The zero-order valence-electron chi connectivity index (χ0n) is 16.1. The molecule has 0 N–H and O–H groups in total. The van der Waals surface area contributed by atoms with Gasteiger partial charge in [-0.1, -0.05) is 53.0 Å². The van der Waals surface area contributed by atoms with Crippen LogP contribution >= 0.6 is 39.1 Å². The maximum atomic E-state index is 13.1. The van der Waals surface area contributed by atoms with Crippen molar-refractivity contribution in [1.82, 2.24) is 9.66 Å². The predicted octanol–water partition coefficient (Wildman–Crippen LogP) is 6.73. The number of rotatable bonds is 4. The monoisotopic (exact) mass is 503 g/mol. The van der Waals surface area contributed by atoms with Crippen LogP contribution in [0.2, 0.25) is 10.0 Å². The summed E-state index contributed by atoms with van der Waals surface area (Å²) in [4.78, 5) is 17.7. The Kier molecular flexibility index (Phi) is 5.82. The number of halogens is 3. The number of hydrogen-bond acceptors (Lipinski definition) is 4. The lowest BCUT2D eigenvalue weighted by Gasteiger charge is -2.11. The van der Waals surface area contributed by atoms with Crippen LogP contribution in [-0.4, -0.2) is 15.9 Å². The van der Waals surface area contributed by atoms with E-state index >= 15 is 0 Å². The van der Waals surface area contributed by atoms with E-state index in [0.29, 0.717) is 38.3 Å². The Balaban J connectivity index is 1.74. The first-order chi connectivity index (χ1) is 14.3. The van der Waals surface area contributed by atoms with Crippen LogP contribution in [0.4, 0.5) is 0 Å². The molecule has 0 aliphatic rings. The summed E-state index contributed by atoms with van der Waals surface area (Å²) in [5.74, 6) is 1.69. The average Bonchev–Trinajstić information content (AvgIpc) is 3.18. The lowest BCUT2D eigenvalue weighted by atomic mass is 10.2. The van der Waals surface area contributed by atoms with Crippen molar-refractivity contribution in [3.63, 3.8) is 0 Å². The lowest BCUT2D eigenvalue weighted by Crippen LogP contribution is -2.23. The van der Waals surface area contributed by atoms with Gasteiger partial charge in [0, 0.05) is 16.0 Å². The molecular weight excluding hydrogens is 489 g/mol. The molecule has 0 amide bonds. The first kappa shape index (κ1) is 20.8. The fraction of sp³-hybridized carbons (Fsp3) is 0.136. The summed E-state index contributed by atoms with van der Waals surface area (Å²) >= 11 is 15.5. The molecule has 0 saturated heterocycles. The van der Waals surface area contributed by atoms with Gasteiger partial charge in [0.2, 0.25) is 0 Å². The van der Waals surface area contributed by atoms with E-state index in [4.69, 9.17) is 27.6 Å². The van der Waals surface area contributed by atoms with Crippen molar-refractivity contribution >= 4 is 56.2 Å². The Labute approximate surface area is 191 Å². The van der Waals surface area contributed by atoms with Gasteiger partial charge in [0.05, 0.1) is 27.2 Å². The van der Waals surface area contributed by atoms with Gasteiger partial charge in [-0.25, -0.2) is 4.98 Å². The van der Waals surface area contributed by atoms with Gasteiger partial charge < -0.3 is 4.42 Å². The molecule has 0 fully saturated rings. The van der Waals surface area contributed by atoms with E-state index < -0.39 is 0 Å². The van der Waals surface area contributed by atoms with Crippen molar-refractivity contribution in [2.45, 2.75) is 19.8 Å². The Morgan fingerprint density at radius 3 is 2.63 bits per heavy atom. The Morgan fingerprint density at radius 2 is 1.90 bits per heavy atom. The van der Waals surface area contributed by atoms with Gasteiger partial charge in [-0.3, -0.25) is 4.79 Å². The standard InChI is InChI=1S/C22H16BrCl2N3O2/c1-12(2)21-27-19-7-4-14(23)10-16(19)22(29)28(21)26-11-15-5-8-20(30-15)13-3-6-17(24)18(25)9-13/h3-12H,1-2H3. The molecule has 0 spiro atoms.